The number of carbonyl (C=O) groups is 1. The number of alkyl halides is 2. The van der Waals surface area contributed by atoms with Crippen LogP contribution in [0.2, 0.25) is 0 Å². The fourth-order valence-corrected chi connectivity index (χ4v) is 4.44. The predicted molar refractivity (Wildman–Crippen MR) is 130 cm³/mol. The highest BCUT2D eigenvalue weighted by atomic mass is 19.3. The lowest BCUT2D eigenvalue weighted by molar-refractivity contribution is -0.166. The number of halogens is 2. The molecular weight excluding hydrogens is 466 g/mol. The van der Waals surface area contributed by atoms with Crippen LogP contribution in [-0.2, 0) is 10.7 Å². The van der Waals surface area contributed by atoms with Crippen LogP contribution >= 0.6 is 0 Å². The number of aromatic nitrogens is 4. The lowest BCUT2D eigenvalue weighted by Gasteiger charge is -2.15. The maximum Gasteiger partial charge on any atom is 0.379 e. The Kier molecular flexibility index (Phi) is 5.62. The minimum Gasteiger partial charge on any atom is -0.477 e. The molecule has 0 spiro atoms. The zero-order valence-corrected chi connectivity index (χ0v) is 19.7. The molecule has 0 radical (unpaired) electrons. The van der Waals surface area contributed by atoms with Crippen molar-refractivity contribution in [2.45, 2.75) is 32.7 Å². The summed E-state index contributed by atoms with van der Waals surface area (Å²) in [4.78, 5) is 20.2. The smallest absolute Gasteiger partial charge is 0.379 e. The summed E-state index contributed by atoms with van der Waals surface area (Å²) in [6, 6.07) is 12.8. The number of carboxylic acids is 1. The summed E-state index contributed by atoms with van der Waals surface area (Å²) in [5.41, 5.74) is 5.57. The van der Waals surface area contributed by atoms with Gasteiger partial charge in [0, 0.05) is 40.8 Å². The number of hydrogen-bond acceptors (Lipinski definition) is 5. The third-order valence-electron chi connectivity index (χ3n) is 6.35. The number of fused-ring (bicyclic) bond motifs is 1. The predicted octanol–water partition coefficient (Wildman–Crippen LogP) is 6.16. The van der Waals surface area contributed by atoms with Crippen LogP contribution in [0.4, 0.5) is 8.78 Å². The molecular formula is C27H22F2N4O3. The van der Waals surface area contributed by atoms with E-state index in [1.807, 2.05) is 55.8 Å². The van der Waals surface area contributed by atoms with Crippen molar-refractivity contribution < 1.29 is 23.2 Å². The van der Waals surface area contributed by atoms with E-state index in [1.54, 1.807) is 12.4 Å². The van der Waals surface area contributed by atoms with E-state index in [-0.39, 0.29) is 6.04 Å². The van der Waals surface area contributed by atoms with E-state index in [4.69, 9.17) is 14.6 Å². The number of pyridine rings is 2. The molecule has 0 unspecified atom stereocenters. The molecule has 0 aliphatic heterocycles. The second-order valence-electron chi connectivity index (χ2n) is 8.63. The molecule has 182 valence electrons. The third-order valence-corrected chi connectivity index (χ3v) is 6.35. The number of aliphatic carboxylic acids is 1. The van der Waals surface area contributed by atoms with E-state index in [9.17, 15) is 13.6 Å². The molecule has 0 bridgehead atoms. The molecule has 1 N–H and O–H groups in total. The van der Waals surface area contributed by atoms with Crippen LogP contribution < -0.4 is 0 Å². The van der Waals surface area contributed by atoms with E-state index < -0.39 is 17.5 Å². The molecule has 9 heteroatoms. The average Bonchev–Trinajstić information content (AvgIpc) is 3.43. The molecule has 0 saturated heterocycles. The SMILES string of the molecule is Cc1noc(C)c1-c1cnc2c(-c3ccc(C(F)(F)C(=O)O)cc3)cn([C@@H](C)c3ccccn3)c2c1. The highest BCUT2D eigenvalue weighted by molar-refractivity contribution is 5.95. The molecule has 4 heterocycles. The van der Waals surface area contributed by atoms with Crippen molar-refractivity contribution in [1.29, 1.82) is 0 Å². The minimum atomic E-state index is -3.97. The van der Waals surface area contributed by atoms with Crippen LogP contribution in [0.1, 0.15) is 35.7 Å². The number of aryl methyl sites for hydroxylation is 2. The van der Waals surface area contributed by atoms with Gasteiger partial charge in [-0.1, -0.05) is 35.5 Å². The van der Waals surface area contributed by atoms with E-state index in [0.717, 1.165) is 45.7 Å². The Morgan fingerprint density at radius 3 is 2.44 bits per heavy atom. The van der Waals surface area contributed by atoms with Crippen molar-refractivity contribution in [1.82, 2.24) is 19.7 Å². The first-order chi connectivity index (χ1) is 17.2. The van der Waals surface area contributed by atoms with Gasteiger partial charge in [0.05, 0.1) is 28.5 Å². The fourth-order valence-electron chi connectivity index (χ4n) is 4.44. The van der Waals surface area contributed by atoms with E-state index >= 15 is 0 Å². The van der Waals surface area contributed by atoms with Crippen molar-refractivity contribution in [3.05, 3.63) is 89.8 Å². The van der Waals surface area contributed by atoms with Crippen molar-refractivity contribution in [3.8, 4) is 22.3 Å². The van der Waals surface area contributed by atoms with Gasteiger partial charge >= 0.3 is 11.9 Å². The van der Waals surface area contributed by atoms with Gasteiger partial charge in [-0.05, 0) is 44.5 Å². The highest BCUT2D eigenvalue weighted by Crippen LogP contribution is 2.37. The van der Waals surface area contributed by atoms with Gasteiger partial charge in [0.25, 0.3) is 0 Å². The molecule has 5 rings (SSSR count). The Morgan fingerprint density at radius 2 is 1.83 bits per heavy atom. The number of hydrogen-bond donors (Lipinski definition) is 1. The van der Waals surface area contributed by atoms with E-state index in [2.05, 4.69) is 10.1 Å². The standard InChI is InChI=1S/C27H22F2N4O3/c1-15-24(17(3)36-32-15)19-12-23-25(31-13-19)21(14-33(23)16(2)22-6-4-5-11-30-22)18-7-9-20(10-8-18)27(28,29)26(34)35/h4-14,16H,1-3H3,(H,34,35)/t16-/m0/s1. The minimum absolute atomic E-state index is 0.153. The topological polar surface area (TPSA) is 94.0 Å². The monoisotopic (exact) mass is 488 g/mol. The molecule has 0 aliphatic carbocycles. The lowest BCUT2D eigenvalue weighted by Crippen LogP contribution is -2.25. The maximum atomic E-state index is 14.0. The maximum absolute atomic E-state index is 14.0. The summed E-state index contributed by atoms with van der Waals surface area (Å²) < 4.78 is 35.3. The zero-order chi connectivity index (χ0) is 25.6. The van der Waals surface area contributed by atoms with Gasteiger partial charge < -0.3 is 14.2 Å². The molecule has 1 aromatic carbocycles. The molecule has 4 aromatic heterocycles. The number of rotatable bonds is 6. The summed E-state index contributed by atoms with van der Waals surface area (Å²) in [5, 5.41) is 12.9. The van der Waals surface area contributed by atoms with Crippen LogP contribution in [0, 0.1) is 13.8 Å². The first-order valence-corrected chi connectivity index (χ1v) is 11.3. The quantitative estimate of drug-likeness (QED) is 0.308. The number of nitrogens with zero attached hydrogens (tertiary/aromatic N) is 4. The molecule has 0 aliphatic rings. The lowest BCUT2D eigenvalue weighted by atomic mass is 10.0. The molecule has 1 atom stereocenters. The first-order valence-electron chi connectivity index (χ1n) is 11.3. The second-order valence-corrected chi connectivity index (χ2v) is 8.63. The summed E-state index contributed by atoms with van der Waals surface area (Å²) >= 11 is 0. The molecule has 36 heavy (non-hydrogen) atoms. The van der Waals surface area contributed by atoms with Crippen LogP contribution in [0.5, 0.6) is 0 Å². The number of benzene rings is 1. The summed E-state index contributed by atoms with van der Waals surface area (Å²) in [7, 11) is 0. The molecule has 7 nitrogen and oxygen atoms in total. The third kappa shape index (κ3) is 3.82. The van der Waals surface area contributed by atoms with Crippen molar-refractivity contribution in [2.24, 2.45) is 0 Å². The fraction of sp³-hybridized carbons (Fsp3) is 0.185. The average molecular weight is 488 g/mol. The van der Waals surface area contributed by atoms with Crippen LogP contribution in [0.25, 0.3) is 33.3 Å². The Labute approximate surface area is 205 Å². The molecule has 0 saturated carbocycles. The van der Waals surface area contributed by atoms with Crippen molar-refractivity contribution in [2.75, 3.05) is 0 Å². The number of carboxylic acid groups (broad SMARTS) is 1. The summed E-state index contributed by atoms with van der Waals surface area (Å²) in [6.45, 7) is 5.73. The van der Waals surface area contributed by atoms with Gasteiger partial charge in [0.15, 0.2) is 0 Å². The second kappa shape index (κ2) is 8.67. The van der Waals surface area contributed by atoms with E-state index in [0.29, 0.717) is 16.8 Å². The highest BCUT2D eigenvalue weighted by Gasteiger charge is 2.40. The molecule has 0 amide bonds. The molecule has 5 aromatic rings. The van der Waals surface area contributed by atoms with Crippen LogP contribution in [0.3, 0.4) is 0 Å². The van der Waals surface area contributed by atoms with Crippen molar-refractivity contribution >= 4 is 17.0 Å². The van der Waals surface area contributed by atoms with Gasteiger partial charge in [-0.3, -0.25) is 9.97 Å². The van der Waals surface area contributed by atoms with Crippen molar-refractivity contribution in [3.63, 3.8) is 0 Å². The summed E-state index contributed by atoms with van der Waals surface area (Å²) in [6.07, 6.45) is 5.38. The van der Waals surface area contributed by atoms with Gasteiger partial charge in [-0.2, -0.15) is 8.78 Å². The van der Waals surface area contributed by atoms with Gasteiger partial charge in [-0.15, -0.1) is 0 Å². The van der Waals surface area contributed by atoms with Gasteiger partial charge in [-0.25, -0.2) is 4.79 Å². The van der Waals surface area contributed by atoms with Crippen LogP contribution in [0.15, 0.2) is 71.6 Å². The Bertz CT molecular complexity index is 1550. The summed E-state index contributed by atoms with van der Waals surface area (Å²) in [5.74, 6) is -5.48. The first kappa shape index (κ1) is 23.3. The van der Waals surface area contributed by atoms with Gasteiger partial charge in [0.2, 0.25) is 0 Å². The van der Waals surface area contributed by atoms with Gasteiger partial charge in [0.1, 0.15) is 5.76 Å². The van der Waals surface area contributed by atoms with Crippen LogP contribution in [-0.4, -0.2) is 30.8 Å². The molecule has 0 fully saturated rings. The van der Waals surface area contributed by atoms with E-state index in [1.165, 1.54) is 12.1 Å². The Morgan fingerprint density at radius 1 is 1.08 bits per heavy atom. The Balaban J connectivity index is 1.69. The normalized spacial score (nSPS) is 12.7. The zero-order valence-electron chi connectivity index (χ0n) is 19.7. The Hall–Kier alpha value is -4.40. The largest absolute Gasteiger partial charge is 0.477 e.